The summed E-state index contributed by atoms with van der Waals surface area (Å²) in [6.07, 6.45) is 7.81. The molecule has 0 radical (unpaired) electrons. The van der Waals surface area contributed by atoms with Crippen molar-refractivity contribution in [1.29, 1.82) is 0 Å². The third-order valence-corrected chi connectivity index (χ3v) is 7.70. The van der Waals surface area contributed by atoms with Gasteiger partial charge in [-0.25, -0.2) is 0 Å². The van der Waals surface area contributed by atoms with Crippen molar-refractivity contribution < 1.29 is 23.9 Å². The van der Waals surface area contributed by atoms with Crippen molar-refractivity contribution in [1.82, 2.24) is 10.2 Å². The number of carbonyl (C=O) groups is 3. The van der Waals surface area contributed by atoms with E-state index in [0.29, 0.717) is 35.9 Å². The monoisotopic (exact) mass is 469 g/mol. The largest absolute Gasteiger partial charge is 0.490 e. The van der Waals surface area contributed by atoms with Crippen molar-refractivity contribution >= 4 is 23.4 Å². The maximum atomic E-state index is 13.4. The fourth-order valence-electron chi connectivity index (χ4n) is 5.40. The smallest absolute Gasteiger partial charge is 0.257 e. The van der Waals surface area contributed by atoms with Gasteiger partial charge in [0.25, 0.3) is 5.91 Å². The molecule has 184 valence electrons. The maximum absolute atomic E-state index is 13.4. The highest BCUT2D eigenvalue weighted by Crippen LogP contribution is 2.33. The highest BCUT2D eigenvalue weighted by atomic mass is 16.5. The topological polar surface area (TPSA) is 97.0 Å². The molecule has 34 heavy (non-hydrogen) atoms. The van der Waals surface area contributed by atoms with E-state index in [4.69, 9.17) is 9.47 Å². The van der Waals surface area contributed by atoms with E-state index >= 15 is 0 Å². The number of benzene rings is 1. The minimum absolute atomic E-state index is 0.0259. The Morgan fingerprint density at radius 3 is 2.65 bits per heavy atom. The van der Waals surface area contributed by atoms with Crippen molar-refractivity contribution in [2.24, 2.45) is 11.8 Å². The quantitative estimate of drug-likeness (QED) is 0.667. The Balaban J connectivity index is 1.23. The van der Waals surface area contributed by atoms with Gasteiger partial charge in [0, 0.05) is 25.2 Å². The summed E-state index contributed by atoms with van der Waals surface area (Å²) in [6, 6.07) is 5.13. The number of nitrogens with one attached hydrogen (secondary N) is 2. The van der Waals surface area contributed by atoms with Crippen molar-refractivity contribution in [2.75, 3.05) is 25.5 Å². The highest BCUT2D eigenvalue weighted by Gasteiger charge is 2.39. The summed E-state index contributed by atoms with van der Waals surface area (Å²) in [5.41, 5.74) is 1.07. The Kier molecular flexibility index (Phi) is 6.77. The van der Waals surface area contributed by atoms with Crippen molar-refractivity contribution in [3.8, 4) is 5.75 Å². The molecule has 1 aromatic rings. The molecule has 1 aromatic carbocycles. The molecule has 1 saturated heterocycles. The fourth-order valence-corrected chi connectivity index (χ4v) is 5.40. The van der Waals surface area contributed by atoms with Crippen LogP contribution in [0.5, 0.6) is 5.75 Å². The van der Waals surface area contributed by atoms with Crippen LogP contribution in [0, 0.1) is 11.8 Å². The minimum atomic E-state index is -0.293. The van der Waals surface area contributed by atoms with Gasteiger partial charge in [0.1, 0.15) is 18.5 Å². The third kappa shape index (κ3) is 5.22. The molecule has 0 aromatic heterocycles. The predicted octanol–water partition coefficient (Wildman–Crippen LogP) is 3.11. The summed E-state index contributed by atoms with van der Waals surface area (Å²) in [5.74, 6) is 1.10. The predicted molar refractivity (Wildman–Crippen MR) is 127 cm³/mol. The molecular formula is C26H35N3O5. The number of rotatable bonds is 6. The van der Waals surface area contributed by atoms with Crippen molar-refractivity contribution in [3.05, 3.63) is 23.8 Å². The number of nitrogens with zero attached hydrogens (tertiary/aromatic N) is 1. The minimum Gasteiger partial charge on any atom is -0.490 e. The van der Waals surface area contributed by atoms with Gasteiger partial charge < -0.3 is 25.0 Å². The van der Waals surface area contributed by atoms with E-state index in [2.05, 4.69) is 10.6 Å². The van der Waals surface area contributed by atoms with Gasteiger partial charge in [0.2, 0.25) is 11.8 Å². The molecule has 2 aliphatic carbocycles. The van der Waals surface area contributed by atoms with Gasteiger partial charge in [-0.05, 0) is 62.6 Å². The Bertz CT molecular complexity index is 940. The van der Waals surface area contributed by atoms with E-state index in [1.54, 1.807) is 30.1 Å². The molecule has 2 N–H and O–H groups in total. The summed E-state index contributed by atoms with van der Waals surface area (Å²) >= 11 is 0. The first-order valence-electron chi connectivity index (χ1n) is 12.7. The van der Waals surface area contributed by atoms with Crippen LogP contribution < -0.4 is 15.4 Å². The van der Waals surface area contributed by atoms with Crippen molar-refractivity contribution in [3.63, 3.8) is 0 Å². The number of hydrogen-bond donors (Lipinski definition) is 2. The molecule has 3 atom stereocenters. The summed E-state index contributed by atoms with van der Waals surface area (Å²) in [5, 5.41) is 5.99. The van der Waals surface area contributed by atoms with E-state index in [0.717, 1.165) is 45.1 Å². The molecule has 0 bridgehead atoms. The standard InChI is InChI=1S/C26H35N3O5/c1-29-21-10-9-19(13-24(30)27-14-16-6-7-16)34-23(21)15-33-22-11-8-18(12-20(22)26(29)32)28-25(31)17-4-2-3-5-17/h8,11-12,16-17,19,21,23H,2-7,9-10,13-15H2,1H3,(H,27,30)(H,28,31)/t19-,21-,23-/m1/s1. The number of hydrogen-bond acceptors (Lipinski definition) is 5. The molecule has 8 nitrogen and oxygen atoms in total. The second-order valence-corrected chi connectivity index (χ2v) is 10.3. The SMILES string of the molecule is CN1C(=O)c2cc(NC(=O)C3CCCC3)ccc2OC[C@H]2O[C@@H](CC(=O)NCC3CC3)CC[C@H]21. The molecule has 2 heterocycles. The maximum Gasteiger partial charge on any atom is 0.257 e. The summed E-state index contributed by atoms with van der Waals surface area (Å²) in [7, 11) is 1.80. The molecule has 5 rings (SSSR count). The lowest BCUT2D eigenvalue weighted by atomic mass is 9.94. The molecule has 0 unspecified atom stereocenters. The lowest BCUT2D eigenvalue weighted by Crippen LogP contribution is -2.54. The molecular weight excluding hydrogens is 434 g/mol. The average Bonchev–Trinajstić information content (AvgIpc) is 3.50. The second kappa shape index (κ2) is 9.94. The zero-order valence-corrected chi connectivity index (χ0v) is 19.9. The molecule has 0 spiro atoms. The summed E-state index contributed by atoms with van der Waals surface area (Å²) in [4.78, 5) is 39.9. The average molecular weight is 470 g/mol. The number of anilines is 1. The van der Waals surface area contributed by atoms with Gasteiger partial charge in [-0.1, -0.05) is 12.8 Å². The Morgan fingerprint density at radius 2 is 1.88 bits per heavy atom. The van der Waals surface area contributed by atoms with Crippen LogP contribution in [0.2, 0.25) is 0 Å². The molecule has 3 fully saturated rings. The Hall–Kier alpha value is -2.61. The molecule has 3 amide bonds. The van der Waals surface area contributed by atoms with Crippen LogP contribution in [0.25, 0.3) is 0 Å². The van der Waals surface area contributed by atoms with Crippen molar-refractivity contribution in [2.45, 2.75) is 76.0 Å². The first-order valence-corrected chi connectivity index (χ1v) is 12.7. The molecule has 2 aliphatic heterocycles. The summed E-state index contributed by atoms with van der Waals surface area (Å²) < 4.78 is 12.3. The Morgan fingerprint density at radius 1 is 1.09 bits per heavy atom. The Labute approximate surface area is 200 Å². The van der Waals surface area contributed by atoms with Gasteiger partial charge in [-0.15, -0.1) is 0 Å². The van der Waals surface area contributed by atoms with E-state index in [-0.39, 0.29) is 41.9 Å². The second-order valence-electron chi connectivity index (χ2n) is 10.3. The van der Waals surface area contributed by atoms with E-state index < -0.39 is 0 Å². The lowest BCUT2D eigenvalue weighted by Gasteiger charge is -2.42. The van der Waals surface area contributed by atoms with Crippen LogP contribution in [0.15, 0.2) is 18.2 Å². The zero-order valence-electron chi connectivity index (χ0n) is 19.9. The van der Waals surface area contributed by atoms with Gasteiger partial charge in [0.15, 0.2) is 0 Å². The lowest BCUT2D eigenvalue weighted by molar-refractivity contribution is -0.134. The van der Waals surface area contributed by atoms with E-state index in [1.165, 1.54) is 12.8 Å². The van der Waals surface area contributed by atoms with Gasteiger partial charge in [-0.3, -0.25) is 14.4 Å². The molecule has 4 aliphatic rings. The number of ether oxygens (including phenoxy) is 2. The van der Waals surface area contributed by atoms with Gasteiger partial charge in [-0.2, -0.15) is 0 Å². The molecule has 2 saturated carbocycles. The summed E-state index contributed by atoms with van der Waals surface area (Å²) in [6.45, 7) is 1.07. The van der Waals surface area contributed by atoms with Gasteiger partial charge in [0.05, 0.1) is 24.1 Å². The normalized spacial score (nSPS) is 27.1. The van der Waals surface area contributed by atoms with Crippen LogP contribution in [0.3, 0.4) is 0 Å². The van der Waals surface area contributed by atoms with Crippen LogP contribution in [0.4, 0.5) is 5.69 Å². The molecule has 8 heteroatoms. The number of amides is 3. The van der Waals surface area contributed by atoms with E-state index in [1.807, 2.05) is 0 Å². The highest BCUT2D eigenvalue weighted by molar-refractivity contribution is 6.00. The van der Waals surface area contributed by atoms with Crippen LogP contribution in [-0.4, -0.2) is 61.1 Å². The van der Waals surface area contributed by atoms with Crippen LogP contribution >= 0.6 is 0 Å². The first-order chi connectivity index (χ1) is 16.5. The first kappa shape index (κ1) is 23.1. The fraction of sp³-hybridized carbons (Fsp3) is 0.654. The van der Waals surface area contributed by atoms with Crippen LogP contribution in [-0.2, 0) is 14.3 Å². The number of likely N-dealkylation sites (N-methyl/N-ethyl adjacent to an activating group) is 1. The number of fused-ring (bicyclic) bond motifs is 2. The van der Waals surface area contributed by atoms with E-state index in [9.17, 15) is 14.4 Å². The number of carbonyl (C=O) groups excluding carboxylic acids is 3. The van der Waals surface area contributed by atoms with Gasteiger partial charge >= 0.3 is 0 Å². The zero-order chi connectivity index (χ0) is 23.7. The van der Waals surface area contributed by atoms with Crippen LogP contribution in [0.1, 0.15) is 68.1 Å². The third-order valence-electron chi connectivity index (χ3n) is 7.70.